The van der Waals surface area contributed by atoms with E-state index in [1.54, 1.807) is 0 Å². The summed E-state index contributed by atoms with van der Waals surface area (Å²) >= 11 is 0. The SMILES string of the molecule is CN1CCCCCCCC[C@@H]2C[C@]2(N)C(=O)NS1(=O)=O. The largest absolute Gasteiger partial charge is 0.317 e. The predicted octanol–water partition coefficient (Wildman–Crippen LogP) is 0.741. The normalized spacial score (nSPS) is 36.5. The predicted molar refractivity (Wildman–Crippen MR) is 77.0 cm³/mol. The number of amides is 1. The lowest BCUT2D eigenvalue weighted by atomic mass is 10.1. The van der Waals surface area contributed by atoms with E-state index in [1.165, 1.54) is 24.2 Å². The van der Waals surface area contributed by atoms with Crippen molar-refractivity contribution in [1.82, 2.24) is 9.03 Å². The zero-order chi connectivity index (χ0) is 14.8. The van der Waals surface area contributed by atoms with Crippen LogP contribution in [0.25, 0.3) is 0 Å². The van der Waals surface area contributed by atoms with Gasteiger partial charge < -0.3 is 5.73 Å². The van der Waals surface area contributed by atoms with Crippen LogP contribution in [-0.2, 0) is 15.0 Å². The molecule has 0 unspecified atom stereocenters. The van der Waals surface area contributed by atoms with Crippen LogP contribution in [0.2, 0.25) is 0 Å². The summed E-state index contributed by atoms with van der Waals surface area (Å²) in [5.74, 6) is -0.419. The number of fused-ring (bicyclic) bond motifs is 1. The van der Waals surface area contributed by atoms with Crippen LogP contribution in [0, 0.1) is 5.92 Å². The fraction of sp³-hybridized carbons (Fsp3) is 0.923. The van der Waals surface area contributed by atoms with Crippen molar-refractivity contribution in [3.63, 3.8) is 0 Å². The summed E-state index contributed by atoms with van der Waals surface area (Å²) in [5, 5.41) is 0. The average molecular weight is 303 g/mol. The lowest BCUT2D eigenvalue weighted by Gasteiger charge is -2.20. The number of nitrogens with zero attached hydrogens (tertiary/aromatic N) is 1. The van der Waals surface area contributed by atoms with Crippen molar-refractivity contribution in [3.8, 4) is 0 Å². The van der Waals surface area contributed by atoms with Gasteiger partial charge in [0.1, 0.15) is 0 Å². The van der Waals surface area contributed by atoms with Crippen LogP contribution in [0.15, 0.2) is 0 Å². The minimum atomic E-state index is -3.75. The van der Waals surface area contributed by atoms with Gasteiger partial charge >= 0.3 is 10.2 Å². The van der Waals surface area contributed by atoms with Crippen LogP contribution in [0.5, 0.6) is 0 Å². The smallest absolute Gasteiger partial charge is 0.303 e. The highest BCUT2D eigenvalue weighted by molar-refractivity contribution is 7.87. The second-order valence-electron chi connectivity index (χ2n) is 6.11. The molecule has 0 bridgehead atoms. The van der Waals surface area contributed by atoms with E-state index in [-0.39, 0.29) is 5.92 Å². The Bertz CT molecular complexity index is 465. The van der Waals surface area contributed by atoms with Crippen LogP contribution in [0.1, 0.15) is 51.4 Å². The molecule has 0 aromatic heterocycles. The Hall–Kier alpha value is -0.660. The monoisotopic (exact) mass is 303 g/mol. The van der Waals surface area contributed by atoms with E-state index >= 15 is 0 Å². The lowest BCUT2D eigenvalue weighted by Crippen LogP contribution is -2.50. The maximum atomic E-state index is 12.1. The lowest BCUT2D eigenvalue weighted by molar-refractivity contribution is -0.121. The van der Waals surface area contributed by atoms with E-state index < -0.39 is 21.7 Å². The van der Waals surface area contributed by atoms with Gasteiger partial charge in [0.2, 0.25) is 0 Å². The molecule has 116 valence electrons. The maximum Gasteiger partial charge on any atom is 0.303 e. The number of nitrogens with two attached hydrogens (primary N) is 1. The van der Waals surface area contributed by atoms with Gasteiger partial charge in [0.05, 0.1) is 5.54 Å². The zero-order valence-electron chi connectivity index (χ0n) is 12.1. The van der Waals surface area contributed by atoms with Gasteiger partial charge in [-0.2, -0.15) is 12.7 Å². The van der Waals surface area contributed by atoms with E-state index in [1.807, 2.05) is 0 Å². The number of nitrogens with one attached hydrogen (secondary N) is 1. The van der Waals surface area contributed by atoms with Crippen LogP contribution in [0.3, 0.4) is 0 Å². The molecule has 3 N–H and O–H groups in total. The number of hydrogen-bond donors (Lipinski definition) is 2. The highest BCUT2D eigenvalue weighted by Crippen LogP contribution is 2.45. The van der Waals surface area contributed by atoms with E-state index in [0.29, 0.717) is 13.0 Å². The van der Waals surface area contributed by atoms with Gasteiger partial charge in [0, 0.05) is 13.6 Å². The highest BCUT2D eigenvalue weighted by Gasteiger charge is 2.57. The van der Waals surface area contributed by atoms with Crippen molar-refractivity contribution in [1.29, 1.82) is 0 Å². The van der Waals surface area contributed by atoms with E-state index in [2.05, 4.69) is 4.72 Å². The van der Waals surface area contributed by atoms with Crippen molar-refractivity contribution in [2.75, 3.05) is 13.6 Å². The Morgan fingerprint density at radius 3 is 2.50 bits per heavy atom. The number of carbonyl (C=O) groups is 1. The van der Waals surface area contributed by atoms with E-state index in [9.17, 15) is 13.2 Å². The van der Waals surface area contributed by atoms with Crippen LogP contribution < -0.4 is 10.5 Å². The van der Waals surface area contributed by atoms with Crippen LogP contribution in [0.4, 0.5) is 0 Å². The summed E-state index contributed by atoms with van der Waals surface area (Å²) in [6, 6.07) is 0. The average Bonchev–Trinajstić information content (AvgIpc) is 3.03. The summed E-state index contributed by atoms with van der Waals surface area (Å²) in [6.07, 6.45) is 7.91. The molecule has 7 heteroatoms. The Kier molecular flexibility index (Phi) is 4.71. The third-order valence-electron chi connectivity index (χ3n) is 4.48. The summed E-state index contributed by atoms with van der Waals surface area (Å²) in [6.45, 7) is 0.434. The minimum Gasteiger partial charge on any atom is -0.317 e. The molecule has 1 saturated heterocycles. The van der Waals surface area contributed by atoms with Gasteiger partial charge in [-0.15, -0.1) is 0 Å². The maximum absolute atomic E-state index is 12.1. The Labute approximate surface area is 121 Å². The second-order valence-corrected chi connectivity index (χ2v) is 7.89. The first-order valence-electron chi connectivity index (χ1n) is 7.43. The molecular weight excluding hydrogens is 278 g/mol. The summed E-state index contributed by atoms with van der Waals surface area (Å²) in [4.78, 5) is 12.1. The molecule has 1 saturated carbocycles. The molecule has 2 atom stereocenters. The number of hydrogen-bond acceptors (Lipinski definition) is 4. The summed E-state index contributed by atoms with van der Waals surface area (Å²) in [5.41, 5.74) is 5.04. The molecule has 2 rings (SSSR count). The van der Waals surface area contributed by atoms with E-state index in [4.69, 9.17) is 5.73 Å². The van der Waals surface area contributed by atoms with Gasteiger partial charge in [0.25, 0.3) is 5.91 Å². The molecule has 20 heavy (non-hydrogen) atoms. The molecule has 1 heterocycles. The molecule has 0 radical (unpaired) electrons. The number of carbonyl (C=O) groups excluding carboxylic acids is 1. The molecule has 0 aromatic rings. The van der Waals surface area contributed by atoms with Gasteiger partial charge in [-0.05, 0) is 25.2 Å². The number of rotatable bonds is 0. The molecule has 1 aliphatic heterocycles. The minimum absolute atomic E-state index is 0.131. The zero-order valence-corrected chi connectivity index (χ0v) is 12.9. The molecule has 1 aliphatic carbocycles. The van der Waals surface area contributed by atoms with Crippen molar-refractivity contribution in [2.45, 2.75) is 56.9 Å². The van der Waals surface area contributed by atoms with Crippen LogP contribution in [-0.4, -0.2) is 37.8 Å². The first kappa shape index (κ1) is 15.7. The molecular formula is C13H25N3O3S. The standard InChI is InChI=1S/C13H25N3O3S/c1-16-9-7-5-3-2-4-6-8-11-10-13(11,14)12(17)15-20(16,18)19/h11H,2-10,14H2,1H3,(H,15,17)/t11-,13-/m1/s1. The third kappa shape index (κ3) is 3.51. The van der Waals surface area contributed by atoms with Crippen LogP contribution >= 0.6 is 0 Å². The molecule has 2 aliphatic rings. The topological polar surface area (TPSA) is 92.5 Å². The molecule has 6 nitrogen and oxygen atoms in total. The van der Waals surface area contributed by atoms with Gasteiger partial charge in [-0.1, -0.05) is 32.1 Å². The molecule has 2 fully saturated rings. The van der Waals surface area contributed by atoms with Crippen molar-refractivity contribution in [3.05, 3.63) is 0 Å². The molecule has 0 spiro atoms. The fourth-order valence-corrected chi connectivity index (χ4v) is 3.78. The van der Waals surface area contributed by atoms with E-state index in [0.717, 1.165) is 32.1 Å². The second kappa shape index (κ2) is 5.99. The summed E-state index contributed by atoms with van der Waals surface area (Å²) in [7, 11) is -2.25. The van der Waals surface area contributed by atoms with Gasteiger partial charge in [-0.25, -0.2) is 4.72 Å². The van der Waals surface area contributed by atoms with Crippen molar-refractivity contribution in [2.24, 2.45) is 11.7 Å². The third-order valence-corrected chi connectivity index (χ3v) is 5.93. The highest BCUT2D eigenvalue weighted by atomic mass is 32.2. The first-order chi connectivity index (χ1) is 9.36. The molecule has 0 aromatic carbocycles. The quantitative estimate of drug-likeness (QED) is 0.690. The summed E-state index contributed by atoms with van der Waals surface area (Å²) < 4.78 is 27.4. The van der Waals surface area contributed by atoms with Gasteiger partial charge in [-0.3, -0.25) is 4.79 Å². The fourth-order valence-electron chi connectivity index (χ4n) is 2.83. The van der Waals surface area contributed by atoms with Crippen molar-refractivity contribution < 1.29 is 13.2 Å². The Balaban J connectivity index is 2.04. The Morgan fingerprint density at radius 1 is 1.20 bits per heavy atom. The van der Waals surface area contributed by atoms with Crippen molar-refractivity contribution >= 4 is 16.1 Å². The molecule has 1 amide bonds. The first-order valence-corrected chi connectivity index (χ1v) is 8.88. The van der Waals surface area contributed by atoms with Gasteiger partial charge in [0.15, 0.2) is 0 Å². The Morgan fingerprint density at radius 2 is 1.80 bits per heavy atom.